The summed E-state index contributed by atoms with van der Waals surface area (Å²) in [5, 5.41) is 0.663. The van der Waals surface area contributed by atoms with Crippen molar-refractivity contribution in [2.45, 2.75) is 6.54 Å². The molecule has 0 atom stereocenters. The molecule has 96 valence electrons. The average molecular weight is 337 g/mol. The lowest BCUT2D eigenvalue weighted by atomic mass is 10.2. The lowest BCUT2D eigenvalue weighted by Crippen LogP contribution is -1.96. The Morgan fingerprint density at radius 2 is 2.11 bits per heavy atom. The number of halogens is 2. The van der Waals surface area contributed by atoms with E-state index in [0.29, 0.717) is 11.6 Å². The Labute approximate surface area is 123 Å². The second-order valence-electron chi connectivity index (χ2n) is 4.23. The van der Waals surface area contributed by atoms with Crippen LogP contribution < -0.4 is 5.73 Å². The van der Waals surface area contributed by atoms with E-state index in [1.807, 2.05) is 36.4 Å². The number of para-hydroxylation sites is 1. The minimum Gasteiger partial charge on any atom is -0.338 e. The van der Waals surface area contributed by atoms with Crippen LogP contribution in [0.5, 0.6) is 0 Å². The van der Waals surface area contributed by atoms with Crippen LogP contribution in [0.15, 0.2) is 40.9 Å². The van der Waals surface area contributed by atoms with Gasteiger partial charge in [-0.25, -0.2) is 4.98 Å². The smallest absolute Gasteiger partial charge is 0.140 e. The second-order valence-corrected chi connectivity index (χ2v) is 5.55. The first-order chi connectivity index (χ1) is 9.19. The van der Waals surface area contributed by atoms with E-state index in [-0.39, 0.29) is 0 Å². The van der Waals surface area contributed by atoms with Gasteiger partial charge in [-0.05, 0) is 29.8 Å². The van der Waals surface area contributed by atoms with Crippen molar-refractivity contribution < 1.29 is 0 Å². The van der Waals surface area contributed by atoms with Gasteiger partial charge < -0.3 is 10.7 Å². The third kappa shape index (κ3) is 2.27. The number of benzene rings is 2. The first kappa shape index (κ1) is 12.7. The Morgan fingerprint density at radius 1 is 1.26 bits per heavy atom. The Hall–Kier alpha value is -1.36. The third-order valence-corrected chi connectivity index (χ3v) is 3.82. The number of imidazole rings is 1. The van der Waals surface area contributed by atoms with Crippen molar-refractivity contribution in [2.24, 2.45) is 5.73 Å². The second kappa shape index (κ2) is 4.96. The standard InChI is InChI=1S/C14H11BrClN3/c15-9-4-5-11(16)10(6-9)14-18-12-3-1-2-8(7-17)13(12)19-14/h1-6H,7,17H2,(H,18,19). The zero-order chi connectivity index (χ0) is 13.4. The van der Waals surface area contributed by atoms with Crippen molar-refractivity contribution in [3.8, 4) is 11.4 Å². The number of H-pyrrole nitrogens is 1. The van der Waals surface area contributed by atoms with Crippen molar-refractivity contribution in [3.63, 3.8) is 0 Å². The van der Waals surface area contributed by atoms with Crippen LogP contribution in [0.4, 0.5) is 0 Å². The molecule has 0 saturated carbocycles. The maximum absolute atomic E-state index is 6.23. The van der Waals surface area contributed by atoms with Crippen molar-refractivity contribution >= 4 is 38.6 Å². The number of hydrogen-bond donors (Lipinski definition) is 2. The number of hydrogen-bond acceptors (Lipinski definition) is 2. The molecule has 19 heavy (non-hydrogen) atoms. The summed E-state index contributed by atoms with van der Waals surface area (Å²) < 4.78 is 0.964. The normalized spacial score (nSPS) is 11.1. The maximum Gasteiger partial charge on any atom is 0.140 e. The molecule has 3 nitrogen and oxygen atoms in total. The predicted octanol–water partition coefficient (Wildman–Crippen LogP) is 4.10. The van der Waals surface area contributed by atoms with Gasteiger partial charge in [-0.3, -0.25) is 0 Å². The van der Waals surface area contributed by atoms with Crippen molar-refractivity contribution in [1.82, 2.24) is 9.97 Å². The number of aromatic nitrogens is 2. The molecule has 0 aliphatic rings. The monoisotopic (exact) mass is 335 g/mol. The van der Waals surface area contributed by atoms with Crippen LogP contribution >= 0.6 is 27.5 Å². The Balaban J connectivity index is 2.23. The number of rotatable bonds is 2. The van der Waals surface area contributed by atoms with Crippen molar-refractivity contribution in [3.05, 3.63) is 51.5 Å². The molecule has 0 radical (unpaired) electrons. The summed E-state index contributed by atoms with van der Waals surface area (Å²) in [6.45, 7) is 0.466. The van der Waals surface area contributed by atoms with Crippen LogP contribution in [0.25, 0.3) is 22.4 Å². The van der Waals surface area contributed by atoms with Crippen LogP contribution in [0.3, 0.4) is 0 Å². The summed E-state index contributed by atoms with van der Waals surface area (Å²) in [4.78, 5) is 7.90. The van der Waals surface area contributed by atoms with Crippen LogP contribution in [0.2, 0.25) is 5.02 Å². The Bertz CT molecular complexity index is 752. The van der Waals surface area contributed by atoms with Gasteiger partial charge in [0.15, 0.2) is 0 Å². The highest BCUT2D eigenvalue weighted by Crippen LogP contribution is 2.30. The molecular formula is C14H11BrClN3. The lowest BCUT2D eigenvalue weighted by Gasteiger charge is -2.00. The lowest BCUT2D eigenvalue weighted by molar-refractivity contribution is 1.08. The quantitative estimate of drug-likeness (QED) is 0.740. The zero-order valence-corrected chi connectivity index (χ0v) is 12.3. The summed E-state index contributed by atoms with van der Waals surface area (Å²) in [6, 6.07) is 11.6. The van der Waals surface area contributed by atoms with Gasteiger partial charge >= 0.3 is 0 Å². The molecule has 0 aliphatic heterocycles. The van der Waals surface area contributed by atoms with Crippen LogP contribution in [0, 0.1) is 0 Å². The molecule has 3 aromatic rings. The van der Waals surface area contributed by atoms with E-state index in [1.54, 1.807) is 0 Å². The summed E-state index contributed by atoms with van der Waals surface area (Å²) in [6.07, 6.45) is 0. The summed E-state index contributed by atoms with van der Waals surface area (Å²) in [5.74, 6) is 0.752. The number of fused-ring (bicyclic) bond motifs is 1. The molecule has 3 N–H and O–H groups in total. The molecule has 0 spiro atoms. The fourth-order valence-corrected chi connectivity index (χ4v) is 2.63. The summed E-state index contributed by atoms with van der Waals surface area (Å²) >= 11 is 9.67. The predicted molar refractivity (Wildman–Crippen MR) is 82.1 cm³/mol. The van der Waals surface area contributed by atoms with Gasteiger partial charge in [0, 0.05) is 16.6 Å². The van der Waals surface area contributed by atoms with Gasteiger partial charge in [-0.15, -0.1) is 0 Å². The van der Waals surface area contributed by atoms with E-state index in [9.17, 15) is 0 Å². The number of nitrogens with two attached hydrogens (primary N) is 1. The zero-order valence-electron chi connectivity index (χ0n) is 9.95. The van der Waals surface area contributed by atoms with E-state index >= 15 is 0 Å². The van der Waals surface area contributed by atoms with Crippen LogP contribution in [-0.2, 0) is 6.54 Å². The van der Waals surface area contributed by atoms with Gasteiger partial charge in [-0.1, -0.05) is 39.7 Å². The minimum atomic E-state index is 0.466. The van der Waals surface area contributed by atoms with Gasteiger partial charge in [0.05, 0.1) is 16.1 Å². The number of nitrogens with one attached hydrogen (secondary N) is 1. The van der Waals surface area contributed by atoms with Gasteiger partial charge in [-0.2, -0.15) is 0 Å². The largest absolute Gasteiger partial charge is 0.338 e. The van der Waals surface area contributed by atoms with E-state index in [2.05, 4.69) is 25.9 Å². The van der Waals surface area contributed by atoms with E-state index < -0.39 is 0 Å². The summed E-state index contributed by atoms with van der Waals surface area (Å²) in [7, 11) is 0. The van der Waals surface area contributed by atoms with E-state index in [4.69, 9.17) is 17.3 Å². The Morgan fingerprint density at radius 3 is 2.89 bits per heavy atom. The van der Waals surface area contributed by atoms with Crippen LogP contribution in [-0.4, -0.2) is 9.97 Å². The molecular weight excluding hydrogens is 326 g/mol. The van der Waals surface area contributed by atoms with Gasteiger partial charge in [0.25, 0.3) is 0 Å². The highest BCUT2D eigenvalue weighted by molar-refractivity contribution is 9.10. The van der Waals surface area contributed by atoms with Crippen molar-refractivity contribution in [2.75, 3.05) is 0 Å². The summed E-state index contributed by atoms with van der Waals surface area (Å²) in [5.41, 5.74) is 9.49. The molecule has 1 aromatic heterocycles. The molecule has 5 heteroatoms. The highest BCUT2D eigenvalue weighted by Gasteiger charge is 2.11. The number of nitrogens with zero attached hydrogens (tertiary/aromatic N) is 1. The Kier molecular flexibility index (Phi) is 3.31. The molecule has 0 bridgehead atoms. The van der Waals surface area contributed by atoms with Gasteiger partial charge in [0.2, 0.25) is 0 Å². The number of aromatic amines is 1. The van der Waals surface area contributed by atoms with Crippen LogP contribution in [0.1, 0.15) is 5.56 Å². The molecule has 2 aromatic carbocycles. The van der Waals surface area contributed by atoms with Gasteiger partial charge in [0.1, 0.15) is 5.82 Å². The fourth-order valence-electron chi connectivity index (χ4n) is 2.06. The fraction of sp³-hybridized carbons (Fsp3) is 0.0714. The first-order valence-corrected chi connectivity index (χ1v) is 6.99. The van der Waals surface area contributed by atoms with E-state index in [1.165, 1.54) is 0 Å². The first-order valence-electron chi connectivity index (χ1n) is 5.82. The molecule has 3 rings (SSSR count). The topological polar surface area (TPSA) is 54.7 Å². The third-order valence-electron chi connectivity index (χ3n) is 3.00. The van der Waals surface area contributed by atoms with Crippen molar-refractivity contribution in [1.29, 1.82) is 0 Å². The maximum atomic E-state index is 6.23. The SMILES string of the molecule is NCc1cccc2[nH]c(-c3cc(Br)ccc3Cl)nc12. The minimum absolute atomic E-state index is 0.466. The highest BCUT2D eigenvalue weighted by atomic mass is 79.9. The molecule has 0 amide bonds. The van der Waals surface area contributed by atoms with E-state index in [0.717, 1.165) is 32.5 Å². The molecule has 1 heterocycles. The average Bonchev–Trinajstić information content (AvgIpc) is 2.85. The molecule has 0 unspecified atom stereocenters. The molecule has 0 aliphatic carbocycles. The molecule has 0 fully saturated rings. The molecule has 0 saturated heterocycles.